The summed E-state index contributed by atoms with van der Waals surface area (Å²) in [5, 5.41) is 16.6. The van der Waals surface area contributed by atoms with E-state index in [1.165, 1.54) is 6.07 Å². The van der Waals surface area contributed by atoms with Gasteiger partial charge in [0.1, 0.15) is 0 Å². The van der Waals surface area contributed by atoms with Gasteiger partial charge in [-0.05, 0) is 55.7 Å². The molecule has 0 aliphatic rings. The fourth-order valence-electron chi connectivity index (χ4n) is 2.86. The average molecular weight is 505 g/mol. The van der Waals surface area contributed by atoms with Crippen molar-refractivity contribution in [3.05, 3.63) is 53.6 Å². The van der Waals surface area contributed by atoms with Gasteiger partial charge in [-0.25, -0.2) is 18.0 Å². The Bertz CT molecular complexity index is 1100. The van der Waals surface area contributed by atoms with Crippen LogP contribution in [0.15, 0.2) is 47.4 Å². The van der Waals surface area contributed by atoms with Crippen molar-refractivity contribution >= 4 is 33.3 Å². The third-order valence-corrected chi connectivity index (χ3v) is 6.08. The van der Waals surface area contributed by atoms with Crippen LogP contribution in [-0.4, -0.2) is 49.8 Å². The zero-order valence-corrected chi connectivity index (χ0v) is 19.9. The van der Waals surface area contributed by atoms with E-state index >= 15 is 0 Å². The van der Waals surface area contributed by atoms with Crippen molar-refractivity contribution in [2.24, 2.45) is 0 Å². The van der Waals surface area contributed by atoms with Gasteiger partial charge in [-0.3, -0.25) is 4.72 Å². The van der Waals surface area contributed by atoms with Gasteiger partial charge in [-0.15, -0.1) is 0 Å². The molecule has 3 N–H and O–H groups in total. The topological polar surface area (TPSA) is 124 Å². The summed E-state index contributed by atoms with van der Waals surface area (Å²) < 4.78 is 59.5. The van der Waals surface area contributed by atoms with Gasteiger partial charge < -0.3 is 15.1 Å². The maximum Gasteiger partial charge on any atom is 0.490 e. The molecule has 34 heavy (non-hydrogen) atoms. The lowest BCUT2D eigenvalue weighted by molar-refractivity contribution is -0.192. The second kappa shape index (κ2) is 11.7. The van der Waals surface area contributed by atoms with E-state index in [0.29, 0.717) is 24.7 Å². The Labute approximate surface area is 196 Å². The molecular weight excluding hydrogens is 477 g/mol. The third-order valence-electron chi connectivity index (χ3n) is 4.68. The first kappa shape index (κ1) is 28.8. The minimum atomic E-state index is -5.08. The zero-order valence-electron chi connectivity index (χ0n) is 19.0. The molecule has 2 aromatic rings. The molecule has 0 saturated heterocycles. The number of aliphatic carboxylic acids is 1. The lowest BCUT2D eigenvalue weighted by Crippen LogP contribution is -2.24. The van der Waals surface area contributed by atoms with Crippen molar-refractivity contribution in [2.75, 3.05) is 22.7 Å². The smallest absolute Gasteiger partial charge is 0.478 e. The number of halogens is 3. The quantitative estimate of drug-likeness (QED) is 0.472. The highest BCUT2D eigenvalue weighted by atomic mass is 32.2. The van der Waals surface area contributed by atoms with Gasteiger partial charge >= 0.3 is 18.1 Å². The molecule has 0 amide bonds. The fraction of sp³-hybridized carbons (Fsp3) is 0.364. The molecule has 0 atom stereocenters. The first-order valence-corrected chi connectivity index (χ1v) is 11.7. The number of carbonyl (C=O) groups is 2. The number of carboxylic acid groups (broad SMARTS) is 2. The maximum atomic E-state index is 12.6. The molecule has 0 aliphatic heterocycles. The molecular formula is C22H27F3N2O6S. The standard InChI is InChI=1S/C20H26N2O4S.C2HF3O2/c1-5-22(6-2)19-12-9-16(13-18(19)20(23)24)21-27(25,26)17-10-7-15(8-11-17)14(3)4;3-2(4,5)1(6)7/h7-14,21H,5-6H2,1-4H3,(H,23,24);(H,6,7). The molecule has 0 radical (unpaired) electrons. The lowest BCUT2D eigenvalue weighted by atomic mass is 10.0. The summed E-state index contributed by atoms with van der Waals surface area (Å²) in [6, 6.07) is 11.3. The highest BCUT2D eigenvalue weighted by Gasteiger charge is 2.38. The number of alkyl halides is 3. The minimum absolute atomic E-state index is 0.0639. The van der Waals surface area contributed by atoms with E-state index in [0.717, 1.165) is 5.56 Å². The molecule has 0 aromatic heterocycles. The van der Waals surface area contributed by atoms with Gasteiger partial charge in [0, 0.05) is 18.8 Å². The number of rotatable bonds is 8. The van der Waals surface area contributed by atoms with E-state index < -0.39 is 28.1 Å². The summed E-state index contributed by atoms with van der Waals surface area (Å²) in [6.07, 6.45) is -5.08. The largest absolute Gasteiger partial charge is 0.490 e. The zero-order chi connectivity index (χ0) is 26.3. The van der Waals surface area contributed by atoms with Crippen LogP contribution in [-0.2, 0) is 14.8 Å². The van der Waals surface area contributed by atoms with Crippen molar-refractivity contribution in [1.29, 1.82) is 0 Å². The number of hydrogen-bond acceptors (Lipinski definition) is 5. The highest BCUT2D eigenvalue weighted by molar-refractivity contribution is 7.92. The summed E-state index contributed by atoms with van der Waals surface area (Å²) in [6.45, 7) is 9.26. The van der Waals surface area contributed by atoms with E-state index in [4.69, 9.17) is 9.90 Å². The van der Waals surface area contributed by atoms with Crippen LogP contribution >= 0.6 is 0 Å². The van der Waals surface area contributed by atoms with Gasteiger partial charge in [0.15, 0.2) is 0 Å². The second-order valence-electron chi connectivity index (χ2n) is 7.34. The molecule has 12 heteroatoms. The number of hydrogen-bond donors (Lipinski definition) is 3. The van der Waals surface area contributed by atoms with Gasteiger partial charge in [0.25, 0.3) is 10.0 Å². The summed E-state index contributed by atoms with van der Waals surface area (Å²) in [5.74, 6) is -3.55. The Balaban J connectivity index is 0.000000718. The molecule has 0 saturated carbocycles. The van der Waals surface area contributed by atoms with Crippen molar-refractivity contribution in [3.63, 3.8) is 0 Å². The SMILES string of the molecule is CCN(CC)c1ccc(NS(=O)(=O)c2ccc(C(C)C)cc2)cc1C(=O)O.O=C(O)C(F)(F)F. The predicted molar refractivity (Wildman–Crippen MR) is 122 cm³/mol. The lowest BCUT2D eigenvalue weighted by Gasteiger charge is -2.23. The van der Waals surface area contributed by atoms with Crippen LogP contribution in [0.4, 0.5) is 24.5 Å². The predicted octanol–water partition coefficient (Wildman–Crippen LogP) is 4.79. The maximum absolute atomic E-state index is 12.6. The third kappa shape index (κ3) is 7.94. The van der Waals surface area contributed by atoms with Gasteiger partial charge in [0.2, 0.25) is 0 Å². The van der Waals surface area contributed by atoms with Crippen LogP contribution in [0.2, 0.25) is 0 Å². The molecule has 0 aliphatic carbocycles. The molecule has 8 nitrogen and oxygen atoms in total. The number of nitrogens with zero attached hydrogens (tertiary/aromatic N) is 1. The van der Waals surface area contributed by atoms with Gasteiger partial charge in [-0.1, -0.05) is 26.0 Å². The molecule has 0 heterocycles. The minimum Gasteiger partial charge on any atom is -0.478 e. The molecule has 2 rings (SSSR count). The first-order chi connectivity index (χ1) is 15.6. The van der Waals surface area contributed by atoms with E-state index in [-0.39, 0.29) is 16.1 Å². The van der Waals surface area contributed by atoms with Crippen molar-refractivity contribution in [1.82, 2.24) is 0 Å². The normalized spacial score (nSPS) is 11.4. The first-order valence-electron chi connectivity index (χ1n) is 10.2. The van der Waals surface area contributed by atoms with Crippen LogP contribution in [0.1, 0.15) is 49.5 Å². The second-order valence-corrected chi connectivity index (χ2v) is 9.02. The van der Waals surface area contributed by atoms with Crippen LogP contribution in [0, 0.1) is 0 Å². The molecule has 0 spiro atoms. The molecule has 0 fully saturated rings. The Kier molecular flexibility index (Phi) is 9.92. The van der Waals surface area contributed by atoms with Crippen molar-refractivity contribution in [2.45, 2.75) is 44.7 Å². The van der Waals surface area contributed by atoms with Crippen molar-refractivity contribution < 1.29 is 41.4 Å². The number of aromatic carboxylic acids is 1. The van der Waals surface area contributed by atoms with Crippen molar-refractivity contribution in [3.8, 4) is 0 Å². The Morgan fingerprint density at radius 2 is 1.50 bits per heavy atom. The van der Waals surface area contributed by atoms with Gasteiger partial charge in [-0.2, -0.15) is 13.2 Å². The van der Waals surface area contributed by atoms with Gasteiger partial charge in [0.05, 0.1) is 16.1 Å². The Morgan fingerprint density at radius 3 is 1.88 bits per heavy atom. The molecule has 2 aromatic carbocycles. The monoisotopic (exact) mass is 504 g/mol. The Hall–Kier alpha value is -3.28. The number of sulfonamides is 1. The number of anilines is 2. The average Bonchev–Trinajstić information content (AvgIpc) is 2.74. The summed E-state index contributed by atoms with van der Waals surface area (Å²) >= 11 is 0. The Morgan fingerprint density at radius 1 is 1.00 bits per heavy atom. The van der Waals surface area contributed by atoms with E-state index in [9.17, 15) is 31.5 Å². The van der Waals surface area contributed by atoms with Crippen LogP contribution < -0.4 is 9.62 Å². The van der Waals surface area contributed by atoms with E-state index in [2.05, 4.69) is 4.72 Å². The highest BCUT2D eigenvalue weighted by Crippen LogP contribution is 2.26. The van der Waals surface area contributed by atoms with Crippen LogP contribution in [0.25, 0.3) is 0 Å². The molecule has 188 valence electrons. The molecule has 0 unspecified atom stereocenters. The van der Waals surface area contributed by atoms with E-state index in [1.807, 2.05) is 32.6 Å². The molecule has 0 bridgehead atoms. The van der Waals surface area contributed by atoms with Crippen LogP contribution in [0.3, 0.4) is 0 Å². The van der Waals surface area contributed by atoms with E-state index in [1.54, 1.807) is 36.4 Å². The number of carboxylic acids is 2. The fourth-order valence-corrected chi connectivity index (χ4v) is 3.91. The summed E-state index contributed by atoms with van der Waals surface area (Å²) in [4.78, 5) is 22.6. The number of nitrogens with one attached hydrogen (secondary N) is 1. The number of benzene rings is 2. The van der Waals surface area contributed by atoms with Crippen LogP contribution in [0.5, 0.6) is 0 Å². The summed E-state index contributed by atoms with van der Waals surface area (Å²) in [7, 11) is -3.80. The summed E-state index contributed by atoms with van der Waals surface area (Å²) in [5.41, 5.74) is 1.90.